The molecule has 0 saturated heterocycles. The minimum Gasteiger partial charge on any atom is -0.481 e. The summed E-state index contributed by atoms with van der Waals surface area (Å²) in [6.07, 6.45) is 4.68. The van der Waals surface area contributed by atoms with Crippen LogP contribution in [-0.2, 0) is 9.53 Å². The predicted molar refractivity (Wildman–Crippen MR) is 131 cm³/mol. The van der Waals surface area contributed by atoms with Crippen molar-refractivity contribution in [1.29, 1.82) is 0 Å². The number of methoxy groups -OCH3 is 1. The maximum absolute atomic E-state index is 11.3. The first-order valence-corrected chi connectivity index (χ1v) is 12.3. The number of nitrogens with one attached hydrogen (secondary N) is 1. The number of nitrogens with zero attached hydrogens (tertiary/aromatic N) is 3. The van der Waals surface area contributed by atoms with Crippen LogP contribution < -0.4 is 10.2 Å². The number of carbonyl (C=O) groups is 1. The summed E-state index contributed by atoms with van der Waals surface area (Å²) in [7, 11) is 1.79. The van der Waals surface area contributed by atoms with Crippen LogP contribution in [0.15, 0.2) is 18.2 Å². The molecule has 9 heteroatoms. The van der Waals surface area contributed by atoms with Gasteiger partial charge in [0.15, 0.2) is 0 Å². The number of ether oxygens (including phenoxy) is 1. The van der Waals surface area contributed by atoms with E-state index in [2.05, 4.69) is 45.6 Å². The number of carboxylic acid groups (broad SMARTS) is 1. The normalized spacial score (nSPS) is 19.7. The fraction of sp³-hybridized carbons (Fsp3) is 0.609. The fourth-order valence-electron chi connectivity index (χ4n) is 4.39. The van der Waals surface area contributed by atoms with E-state index in [0.29, 0.717) is 23.2 Å². The highest BCUT2D eigenvalue weighted by molar-refractivity contribution is 7.10. The van der Waals surface area contributed by atoms with Gasteiger partial charge in [-0.2, -0.15) is 9.36 Å². The van der Waals surface area contributed by atoms with Crippen LogP contribution in [-0.4, -0.2) is 46.2 Å². The van der Waals surface area contributed by atoms with Gasteiger partial charge in [0.2, 0.25) is 10.4 Å². The van der Waals surface area contributed by atoms with Gasteiger partial charge in [0.1, 0.15) is 0 Å². The summed E-state index contributed by atoms with van der Waals surface area (Å²) in [5.41, 5.74) is 2.97. The molecular formula is C23H33ClN4O3S. The highest BCUT2D eigenvalue weighted by Crippen LogP contribution is 2.38. The Labute approximate surface area is 199 Å². The molecule has 1 unspecified atom stereocenters. The summed E-state index contributed by atoms with van der Waals surface area (Å²) < 4.78 is 9.65. The molecule has 7 nitrogen and oxygen atoms in total. The number of carboxylic acids is 1. The van der Waals surface area contributed by atoms with Gasteiger partial charge in [-0.15, -0.1) is 0 Å². The van der Waals surface area contributed by atoms with Gasteiger partial charge >= 0.3 is 5.97 Å². The van der Waals surface area contributed by atoms with Gasteiger partial charge in [0, 0.05) is 31.2 Å². The Balaban J connectivity index is 1.96. The topological polar surface area (TPSA) is 87.6 Å². The molecule has 1 heterocycles. The van der Waals surface area contributed by atoms with E-state index in [9.17, 15) is 9.90 Å². The molecule has 1 aromatic heterocycles. The lowest BCUT2D eigenvalue weighted by Gasteiger charge is -2.40. The van der Waals surface area contributed by atoms with Crippen molar-refractivity contribution in [1.82, 2.24) is 9.36 Å². The Morgan fingerprint density at radius 1 is 1.31 bits per heavy atom. The lowest BCUT2D eigenvalue weighted by Crippen LogP contribution is -2.41. The summed E-state index contributed by atoms with van der Waals surface area (Å²) in [5.74, 6) is -0.413. The second-order valence-electron chi connectivity index (χ2n) is 8.98. The van der Waals surface area contributed by atoms with Gasteiger partial charge in [0.05, 0.1) is 23.9 Å². The van der Waals surface area contributed by atoms with Crippen LogP contribution in [0.3, 0.4) is 0 Å². The number of aliphatic carboxylic acids is 1. The molecule has 2 aromatic rings. The number of anilines is 3. The predicted octanol–water partition coefficient (Wildman–Crippen LogP) is 5.93. The molecular weight excluding hydrogens is 448 g/mol. The molecule has 0 aliphatic heterocycles. The Morgan fingerprint density at radius 2 is 2.03 bits per heavy atom. The van der Waals surface area contributed by atoms with Gasteiger partial charge in [-0.1, -0.05) is 26.8 Å². The number of benzene rings is 1. The molecule has 1 saturated carbocycles. The fourth-order valence-corrected chi connectivity index (χ4v) is 5.12. The number of hydrogen-bond acceptors (Lipinski definition) is 7. The summed E-state index contributed by atoms with van der Waals surface area (Å²) in [6, 6.07) is 6.63. The van der Waals surface area contributed by atoms with Gasteiger partial charge in [0.25, 0.3) is 0 Å². The zero-order valence-corrected chi connectivity index (χ0v) is 20.7. The average Bonchev–Trinajstić information content (AvgIpc) is 3.16. The third-order valence-electron chi connectivity index (χ3n) is 6.00. The molecule has 0 spiro atoms. The lowest BCUT2D eigenvalue weighted by atomic mass is 9.90. The molecule has 1 fully saturated rings. The van der Waals surface area contributed by atoms with Crippen molar-refractivity contribution in [2.75, 3.05) is 23.9 Å². The van der Waals surface area contributed by atoms with Crippen LogP contribution in [0, 0.1) is 5.92 Å². The molecule has 32 heavy (non-hydrogen) atoms. The second-order valence-corrected chi connectivity index (χ2v) is 10.1. The SMILES string of the molecule is COC1CCC(N(CC(C)C)c2ccc(C(C)CC(=O)O)cc2Nc2nc(Cl)ns2)CC1. The van der Waals surface area contributed by atoms with Gasteiger partial charge in [-0.05, 0) is 66.8 Å². The summed E-state index contributed by atoms with van der Waals surface area (Å²) in [5, 5.41) is 13.5. The molecule has 1 aliphatic rings. The maximum Gasteiger partial charge on any atom is 0.303 e. The van der Waals surface area contributed by atoms with Crippen LogP contribution in [0.25, 0.3) is 0 Å². The molecule has 0 radical (unpaired) electrons. The number of hydrogen-bond donors (Lipinski definition) is 2. The second kappa shape index (κ2) is 11.3. The van der Waals surface area contributed by atoms with Gasteiger partial charge in [-0.3, -0.25) is 4.79 Å². The monoisotopic (exact) mass is 480 g/mol. The third-order valence-corrected chi connectivity index (χ3v) is 6.90. The van der Waals surface area contributed by atoms with E-state index < -0.39 is 5.97 Å². The van der Waals surface area contributed by atoms with Crippen molar-refractivity contribution in [2.24, 2.45) is 5.92 Å². The van der Waals surface area contributed by atoms with Crippen molar-refractivity contribution >= 4 is 45.6 Å². The van der Waals surface area contributed by atoms with E-state index in [0.717, 1.165) is 49.2 Å². The Kier molecular flexibility index (Phi) is 8.73. The minimum absolute atomic E-state index is 0.0835. The lowest BCUT2D eigenvalue weighted by molar-refractivity contribution is -0.137. The standard InChI is InChI=1S/C23H33ClN4O3S/c1-14(2)13-28(17-6-8-18(31-4)9-7-17)20-10-5-16(15(3)11-21(29)30)12-19(20)25-23-26-22(24)27-32-23/h5,10,12,14-15,17-18H,6-9,11,13H2,1-4H3,(H,29,30)(H,25,26,27). The van der Waals surface area contributed by atoms with Crippen molar-refractivity contribution in [3.63, 3.8) is 0 Å². The van der Waals surface area contributed by atoms with Crippen LogP contribution in [0.1, 0.15) is 64.4 Å². The average molecular weight is 481 g/mol. The maximum atomic E-state index is 11.3. The first kappa shape index (κ1) is 24.7. The van der Waals surface area contributed by atoms with Crippen LogP contribution >= 0.6 is 23.1 Å². The quantitative estimate of drug-likeness (QED) is 0.435. The number of aromatic nitrogens is 2. The molecule has 2 N–H and O–H groups in total. The van der Waals surface area contributed by atoms with E-state index in [1.165, 1.54) is 11.5 Å². The van der Waals surface area contributed by atoms with E-state index in [1.807, 2.05) is 13.0 Å². The van der Waals surface area contributed by atoms with E-state index in [1.54, 1.807) is 7.11 Å². The first-order chi connectivity index (χ1) is 15.3. The smallest absolute Gasteiger partial charge is 0.303 e. The zero-order chi connectivity index (χ0) is 23.3. The summed E-state index contributed by atoms with van der Waals surface area (Å²) in [6.45, 7) is 7.33. The molecule has 1 aliphatic carbocycles. The van der Waals surface area contributed by atoms with Gasteiger partial charge < -0.3 is 20.1 Å². The van der Waals surface area contributed by atoms with E-state index in [-0.39, 0.29) is 17.6 Å². The minimum atomic E-state index is -0.802. The summed E-state index contributed by atoms with van der Waals surface area (Å²) in [4.78, 5) is 18.0. The highest BCUT2D eigenvalue weighted by atomic mass is 35.5. The molecule has 1 aromatic carbocycles. The van der Waals surface area contributed by atoms with Gasteiger partial charge in [-0.25, -0.2) is 0 Å². The van der Waals surface area contributed by atoms with Crippen molar-refractivity contribution in [2.45, 2.75) is 70.9 Å². The molecule has 3 rings (SSSR count). The number of halogens is 1. The molecule has 0 bridgehead atoms. The van der Waals surface area contributed by atoms with Crippen molar-refractivity contribution in [3.05, 3.63) is 29.0 Å². The van der Waals surface area contributed by atoms with E-state index in [4.69, 9.17) is 16.3 Å². The highest BCUT2D eigenvalue weighted by Gasteiger charge is 2.28. The number of rotatable bonds is 10. The van der Waals surface area contributed by atoms with Crippen molar-refractivity contribution in [3.8, 4) is 0 Å². The van der Waals surface area contributed by atoms with Crippen LogP contribution in [0.2, 0.25) is 5.28 Å². The van der Waals surface area contributed by atoms with E-state index >= 15 is 0 Å². The Bertz CT molecular complexity index is 899. The van der Waals surface area contributed by atoms with Crippen LogP contribution in [0.5, 0.6) is 0 Å². The largest absolute Gasteiger partial charge is 0.481 e. The molecule has 1 atom stereocenters. The molecule has 0 amide bonds. The Morgan fingerprint density at radius 3 is 2.59 bits per heavy atom. The molecule has 176 valence electrons. The zero-order valence-electron chi connectivity index (χ0n) is 19.2. The van der Waals surface area contributed by atoms with Crippen molar-refractivity contribution < 1.29 is 14.6 Å². The third kappa shape index (κ3) is 6.56. The first-order valence-electron chi connectivity index (χ1n) is 11.2. The summed E-state index contributed by atoms with van der Waals surface area (Å²) >= 11 is 7.16. The van der Waals surface area contributed by atoms with Crippen LogP contribution in [0.4, 0.5) is 16.5 Å². The Hall–Kier alpha value is -1.90.